The van der Waals surface area contributed by atoms with E-state index >= 15 is 0 Å². The van der Waals surface area contributed by atoms with Crippen molar-refractivity contribution < 1.29 is 14.4 Å². The van der Waals surface area contributed by atoms with Gasteiger partial charge in [-0.2, -0.15) is 0 Å². The summed E-state index contributed by atoms with van der Waals surface area (Å²) in [5.74, 6) is -0.189. The van der Waals surface area contributed by atoms with Crippen LogP contribution in [0.2, 0.25) is 0 Å². The Hall–Kier alpha value is -3.19. The summed E-state index contributed by atoms with van der Waals surface area (Å²) in [4.78, 5) is 41.7. The van der Waals surface area contributed by atoms with Gasteiger partial charge in [0.15, 0.2) is 0 Å². The van der Waals surface area contributed by atoms with Gasteiger partial charge in [0.05, 0.1) is 6.54 Å². The molecule has 1 N–H and O–H groups in total. The lowest BCUT2D eigenvalue weighted by molar-refractivity contribution is -0.132. The van der Waals surface area contributed by atoms with Crippen molar-refractivity contribution in [3.8, 4) is 0 Å². The smallest absolute Gasteiger partial charge is 0.243 e. The molecule has 2 aromatic rings. The van der Waals surface area contributed by atoms with Gasteiger partial charge in [-0.15, -0.1) is 0 Å². The monoisotopic (exact) mass is 436 g/mol. The molecule has 7 heteroatoms. The van der Waals surface area contributed by atoms with Crippen LogP contribution in [0, 0.1) is 0 Å². The molecule has 32 heavy (non-hydrogen) atoms. The van der Waals surface area contributed by atoms with Gasteiger partial charge in [0.2, 0.25) is 17.7 Å². The van der Waals surface area contributed by atoms with Gasteiger partial charge in [-0.3, -0.25) is 19.3 Å². The standard InChI is InChI=1S/C25H32N4O3/c1-20(30)28-16-14-27(15-17-28)18-23-8-10-24(11-9-23)26-25(32)19-29(21(2)31)13-12-22-6-4-3-5-7-22/h3-11H,12-19H2,1-2H3,(H,26,32). The summed E-state index contributed by atoms with van der Waals surface area (Å²) in [6, 6.07) is 17.7. The van der Waals surface area contributed by atoms with Gasteiger partial charge in [0, 0.05) is 58.8 Å². The number of piperazine rings is 1. The van der Waals surface area contributed by atoms with E-state index < -0.39 is 0 Å². The normalized spacial score (nSPS) is 14.1. The van der Waals surface area contributed by atoms with Crippen LogP contribution in [-0.4, -0.2) is 71.7 Å². The Bertz CT molecular complexity index is 907. The maximum atomic E-state index is 12.5. The van der Waals surface area contributed by atoms with E-state index in [0.717, 1.165) is 43.9 Å². The number of anilines is 1. The maximum absolute atomic E-state index is 12.5. The lowest BCUT2D eigenvalue weighted by Crippen LogP contribution is -2.47. The lowest BCUT2D eigenvalue weighted by Gasteiger charge is -2.34. The topological polar surface area (TPSA) is 73.0 Å². The van der Waals surface area contributed by atoms with Crippen LogP contribution in [0.1, 0.15) is 25.0 Å². The number of nitrogens with zero attached hydrogens (tertiary/aromatic N) is 3. The first kappa shape index (κ1) is 23.5. The van der Waals surface area contributed by atoms with Gasteiger partial charge >= 0.3 is 0 Å². The van der Waals surface area contributed by atoms with Gasteiger partial charge in [-0.1, -0.05) is 42.5 Å². The van der Waals surface area contributed by atoms with E-state index in [4.69, 9.17) is 0 Å². The van der Waals surface area contributed by atoms with E-state index in [1.165, 1.54) is 6.92 Å². The Kier molecular flexibility index (Phi) is 8.39. The highest BCUT2D eigenvalue weighted by atomic mass is 16.2. The minimum atomic E-state index is -0.207. The molecule has 1 aliphatic rings. The van der Waals surface area contributed by atoms with Gasteiger partial charge in [-0.05, 0) is 29.7 Å². The Morgan fingerprint density at radius 1 is 0.875 bits per heavy atom. The SMILES string of the molecule is CC(=O)N1CCN(Cc2ccc(NC(=O)CN(CCc3ccccc3)C(C)=O)cc2)CC1. The number of nitrogens with one attached hydrogen (secondary N) is 1. The molecule has 0 bridgehead atoms. The van der Waals surface area contributed by atoms with Crippen molar-refractivity contribution in [1.82, 2.24) is 14.7 Å². The Morgan fingerprint density at radius 3 is 2.12 bits per heavy atom. The van der Waals surface area contributed by atoms with Crippen molar-refractivity contribution >= 4 is 23.4 Å². The fourth-order valence-electron chi connectivity index (χ4n) is 3.80. The summed E-state index contributed by atoms with van der Waals surface area (Å²) in [7, 11) is 0. The molecule has 1 fully saturated rings. The predicted octanol–water partition coefficient (Wildman–Crippen LogP) is 2.38. The van der Waals surface area contributed by atoms with Crippen LogP contribution >= 0.6 is 0 Å². The average Bonchev–Trinajstić information content (AvgIpc) is 2.79. The van der Waals surface area contributed by atoms with Crippen LogP contribution in [0.25, 0.3) is 0 Å². The molecule has 1 heterocycles. The van der Waals surface area contributed by atoms with Crippen molar-refractivity contribution in [1.29, 1.82) is 0 Å². The molecule has 2 aromatic carbocycles. The number of rotatable bonds is 8. The predicted molar refractivity (Wildman–Crippen MR) is 125 cm³/mol. The van der Waals surface area contributed by atoms with Crippen LogP contribution in [0.4, 0.5) is 5.69 Å². The van der Waals surface area contributed by atoms with Crippen LogP contribution in [0.5, 0.6) is 0 Å². The fraction of sp³-hybridized carbons (Fsp3) is 0.400. The van der Waals surface area contributed by atoms with E-state index in [-0.39, 0.29) is 24.3 Å². The molecular weight excluding hydrogens is 404 g/mol. The third-order valence-electron chi connectivity index (χ3n) is 5.75. The van der Waals surface area contributed by atoms with E-state index in [0.29, 0.717) is 18.7 Å². The summed E-state index contributed by atoms with van der Waals surface area (Å²) in [5, 5.41) is 2.88. The summed E-state index contributed by atoms with van der Waals surface area (Å²) in [6.07, 6.45) is 0.711. The van der Waals surface area contributed by atoms with Crippen molar-refractivity contribution in [3.63, 3.8) is 0 Å². The highest BCUT2D eigenvalue weighted by molar-refractivity contribution is 5.94. The van der Waals surface area contributed by atoms with Crippen molar-refractivity contribution in [2.24, 2.45) is 0 Å². The second kappa shape index (κ2) is 11.4. The van der Waals surface area contributed by atoms with E-state index in [1.807, 2.05) is 59.5 Å². The molecule has 170 valence electrons. The van der Waals surface area contributed by atoms with Gasteiger partial charge in [0.25, 0.3) is 0 Å². The van der Waals surface area contributed by atoms with Gasteiger partial charge < -0.3 is 15.1 Å². The second-order valence-electron chi connectivity index (χ2n) is 8.20. The molecule has 3 rings (SSSR count). The summed E-state index contributed by atoms with van der Waals surface area (Å²) in [6.45, 7) is 7.71. The highest BCUT2D eigenvalue weighted by Gasteiger charge is 2.18. The molecule has 0 aliphatic carbocycles. The number of carbonyl (C=O) groups is 3. The number of amides is 3. The van der Waals surface area contributed by atoms with Crippen molar-refractivity contribution in [3.05, 3.63) is 65.7 Å². The molecule has 0 unspecified atom stereocenters. The minimum Gasteiger partial charge on any atom is -0.340 e. The van der Waals surface area contributed by atoms with Crippen LogP contribution in [0.3, 0.4) is 0 Å². The van der Waals surface area contributed by atoms with Crippen molar-refractivity contribution in [2.45, 2.75) is 26.8 Å². The lowest BCUT2D eigenvalue weighted by atomic mass is 10.1. The zero-order valence-electron chi connectivity index (χ0n) is 18.9. The number of hydrogen-bond donors (Lipinski definition) is 1. The van der Waals surface area contributed by atoms with Crippen molar-refractivity contribution in [2.75, 3.05) is 44.6 Å². The molecule has 1 saturated heterocycles. The largest absolute Gasteiger partial charge is 0.340 e. The molecule has 0 spiro atoms. The molecule has 0 atom stereocenters. The molecule has 0 radical (unpaired) electrons. The molecule has 0 aromatic heterocycles. The molecule has 1 aliphatic heterocycles. The first-order valence-corrected chi connectivity index (χ1v) is 11.1. The fourth-order valence-corrected chi connectivity index (χ4v) is 3.80. The number of hydrogen-bond acceptors (Lipinski definition) is 4. The van der Waals surface area contributed by atoms with E-state index in [1.54, 1.807) is 11.8 Å². The summed E-state index contributed by atoms with van der Waals surface area (Å²) < 4.78 is 0. The first-order valence-electron chi connectivity index (χ1n) is 11.1. The highest BCUT2D eigenvalue weighted by Crippen LogP contribution is 2.13. The quantitative estimate of drug-likeness (QED) is 0.690. The molecule has 0 saturated carbocycles. The number of carbonyl (C=O) groups excluding carboxylic acids is 3. The van der Waals surface area contributed by atoms with Gasteiger partial charge in [0.1, 0.15) is 0 Å². The Morgan fingerprint density at radius 2 is 1.53 bits per heavy atom. The third kappa shape index (κ3) is 7.20. The summed E-state index contributed by atoms with van der Waals surface area (Å²) >= 11 is 0. The number of benzene rings is 2. The second-order valence-corrected chi connectivity index (χ2v) is 8.20. The van der Waals surface area contributed by atoms with Gasteiger partial charge in [-0.25, -0.2) is 0 Å². The van der Waals surface area contributed by atoms with E-state index in [9.17, 15) is 14.4 Å². The first-order chi connectivity index (χ1) is 15.4. The minimum absolute atomic E-state index is 0.0321. The Balaban J connectivity index is 1.46. The average molecular weight is 437 g/mol. The van der Waals surface area contributed by atoms with E-state index in [2.05, 4.69) is 10.2 Å². The maximum Gasteiger partial charge on any atom is 0.243 e. The zero-order chi connectivity index (χ0) is 22.9. The molecular formula is C25H32N4O3. The Labute approximate surface area is 190 Å². The van der Waals surface area contributed by atoms with Crippen LogP contribution in [0.15, 0.2) is 54.6 Å². The van der Waals surface area contributed by atoms with Crippen LogP contribution < -0.4 is 5.32 Å². The summed E-state index contributed by atoms with van der Waals surface area (Å²) in [5.41, 5.74) is 3.01. The molecule has 3 amide bonds. The zero-order valence-corrected chi connectivity index (χ0v) is 18.9. The molecule has 7 nitrogen and oxygen atoms in total. The third-order valence-corrected chi connectivity index (χ3v) is 5.75. The van der Waals surface area contributed by atoms with Crippen LogP contribution in [-0.2, 0) is 27.3 Å².